The predicted molar refractivity (Wildman–Crippen MR) is 55.2 cm³/mol. The van der Waals surface area contributed by atoms with Crippen molar-refractivity contribution in [3.8, 4) is 11.3 Å². The number of nitrogens with zero attached hydrogens (tertiary/aromatic N) is 2. The number of hydrogen-bond acceptors (Lipinski definition) is 2. The van der Waals surface area contributed by atoms with E-state index in [1.165, 1.54) is 0 Å². The fourth-order valence-corrected chi connectivity index (χ4v) is 1.60. The zero-order chi connectivity index (χ0) is 9.10. The van der Waals surface area contributed by atoms with Crippen molar-refractivity contribution in [2.45, 2.75) is 0 Å². The van der Waals surface area contributed by atoms with E-state index in [4.69, 9.17) is 0 Å². The van der Waals surface area contributed by atoms with E-state index < -0.39 is 0 Å². The van der Waals surface area contributed by atoms with Gasteiger partial charge in [-0.2, -0.15) is 0 Å². The standard InChI is InChI=1S/C10H7BrN2/c11-9-4-2-1-3-8(9)10-7-12-5-6-13-10/h1-7H. The van der Waals surface area contributed by atoms with Gasteiger partial charge >= 0.3 is 0 Å². The van der Waals surface area contributed by atoms with Gasteiger partial charge in [0.05, 0.1) is 11.9 Å². The molecule has 3 heteroatoms. The Hall–Kier alpha value is -1.22. The molecule has 2 aromatic rings. The van der Waals surface area contributed by atoms with E-state index in [0.29, 0.717) is 0 Å². The summed E-state index contributed by atoms with van der Waals surface area (Å²) in [5, 5.41) is 0. The summed E-state index contributed by atoms with van der Waals surface area (Å²) >= 11 is 3.47. The second kappa shape index (κ2) is 3.66. The number of halogens is 1. The lowest BCUT2D eigenvalue weighted by atomic mass is 10.2. The van der Waals surface area contributed by atoms with Crippen molar-refractivity contribution < 1.29 is 0 Å². The first-order valence-electron chi connectivity index (χ1n) is 3.89. The molecule has 13 heavy (non-hydrogen) atoms. The molecule has 0 atom stereocenters. The summed E-state index contributed by atoms with van der Waals surface area (Å²) in [4.78, 5) is 8.24. The molecule has 0 amide bonds. The van der Waals surface area contributed by atoms with Crippen LogP contribution in [0.25, 0.3) is 11.3 Å². The fraction of sp³-hybridized carbons (Fsp3) is 0. The molecule has 0 aliphatic rings. The number of rotatable bonds is 1. The van der Waals surface area contributed by atoms with E-state index in [9.17, 15) is 0 Å². The highest BCUT2D eigenvalue weighted by atomic mass is 79.9. The smallest absolute Gasteiger partial charge is 0.0896 e. The molecule has 0 radical (unpaired) electrons. The third-order valence-electron chi connectivity index (χ3n) is 1.71. The minimum Gasteiger partial charge on any atom is -0.261 e. The Labute approximate surface area is 84.8 Å². The number of hydrogen-bond donors (Lipinski definition) is 0. The van der Waals surface area contributed by atoms with Crippen molar-refractivity contribution in [3.05, 3.63) is 47.3 Å². The highest BCUT2D eigenvalue weighted by molar-refractivity contribution is 9.10. The molecule has 1 heterocycles. The van der Waals surface area contributed by atoms with Crippen LogP contribution < -0.4 is 0 Å². The van der Waals surface area contributed by atoms with Crippen molar-refractivity contribution in [1.29, 1.82) is 0 Å². The molecular formula is C10H7BrN2. The Morgan fingerprint density at radius 3 is 2.62 bits per heavy atom. The SMILES string of the molecule is Brc1ccccc1-c1cnccn1. The van der Waals surface area contributed by atoms with Crippen molar-refractivity contribution in [3.63, 3.8) is 0 Å². The first-order chi connectivity index (χ1) is 6.38. The van der Waals surface area contributed by atoms with Gasteiger partial charge in [0.1, 0.15) is 0 Å². The van der Waals surface area contributed by atoms with Gasteiger partial charge in [0.25, 0.3) is 0 Å². The fourth-order valence-electron chi connectivity index (χ4n) is 1.11. The van der Waals surface area contributed by atoms with Crippen molar-refractivity contribution in [2.24, 2.45) is 0 Å². The van der Waals surface area contributed by atoms with Gasteiger partial charge in [0.15, 0.2) is 0 Å². The molecular weight excluding hydrogens is 228 g/mol. The monoisotopic (exact) mass is 234 g/mol. The quantitative estimate of drug-likeness (QED) is 0.759. The Balaban J connectivity index is 2.54. The third kappa shape index (κ3) is 1.75. The van der Waals surface area contributed by atoms with Gasteiger partial charge in [-0.15, -0.1) is 0 Å². The Morgan fingerprint density at radius 1 is 1.08 bits per heavy atom. The van der Waals surface area contributed by atoms with Crippen LogP contribution in [0.1, 0.15) is 0 Å². The van der Waals surface area contributed by atoms with E-state index in [0.717, 1.165) is 15.7 Å². The zero-order valence-electron chi connectivity index (χ0n) is 6.81. The van der Waals surface area contributed by atoms with Crippen molar-refractivity contribution in [1.82, 2.24) is 9.97 Å². The van der Waals surface area contributed by atoms with Crippen LogP contribution >= 0.6 is 15.9 Å². The van der Waals surface area contributed by atoms with Gasteiger partial charge < -0.3 is 0 Å². The maximum absolute atomic E-state index is 4.22. The molecule has 1 aromatic carbocycles. The Morgan fingerprint density at radius 2 is 1.92 bits per heavy atom. The summed E-state index contributed by atoms with van der Waals surface area (Å²) < 4.78 is 1.04. The number of benzene rings is 1. The maximum atomic E-state index is 4.22. The van der Waals surface area contributed by atoms with Gasteiger partial charge in [0.2, 0.25) is 0 Å². The molecule has 0 aliphatic carbocycles. The van der Waals surface area contributed by atoms with Crippen molar-refractivity contribution >= 4 is 15.9 Å². The van der Waals surface area contributed by atoms with Gasteiger partial charge in [-0.3, -0.25) is 9.97 Å². The van der Waals surface area contributed by atoms with Crippen LogP contribution in [0.4, 0.5) is 0 Å². The lowest BCUT2D eigenvalue weighted by Crippen LogP contribution is -1.84. The minimum atomic E-state index is 0.884. The molecule has 2 nitrogen and oxygen atoms in total. The largest absolute Gasteiger partial charge is 0.261 e. The summed E-state index contributed by atoms with van der Waals surface area (Å²) in [5.74, 6) is 0. The van der Waals surface area contributed by atoms with E-state index in [2.05, 4.69) is 25.9 Å². The first-order valence-corrected chi connectivity index (χ1v) is 4.68. The first kappa shape index (κ1) is 8.38. The average Bonchev–Trinajstić information content (AvgIpc) is 2.20. The summed E-state index contributed by atoms with van der Waals surface area (Å²) in [6.07, 6.45) is 5.11. The van der Waals surface area contributed by atoms with Crippen LogP contribution in [0.15, 0.2) is 47.3 Å². The maximum Gasteiger partial charge on any atom is 0.0896 e. The summed E-state index contributed by atoms with van der Waals surface area (Å²) in [7, 11) is 0. The molecule has 0 saturated carbocycles. The predicted octanol–water partition coefficient (Wildman–Crippen LogP) is 2.91. The molecule has 0 fully saturated rings. The second-order valence-corrected chi connectivity index (χ2v) is 3.42. The third-order valence-corrected chi connectivity index (χ3v) is 2.40. The van der Waals surface area contributed by atoms with Crippen LogP contribution in [-0.2, 0) is 0 Å². The molecule has 0 N–H and O–H groups in total. The lowest BCUT2D eigenvalue weighted by molar-refractivity contribution is 1.20. The summed E-state index contributed by atoms with van der Waals surface area (Å²) in [6.45, 7) is 0. The van der Waals surface area contributed by atoms with E-state index in [1.54, 1.807) is 18.6 Å². The topological polar surface area (TPSA) is 25.8 Å². The molecule has 0 unspecified atom stereocenters. The van der Waals surface area contributed by atoms with E-state index in [-0.39, 0.29) is 0 Å². The second-order valence-electron chi connectivity index (χ2n) is 2.57. The van der Waals surface area contributed by atoms with E-state index in [1.807, 2.05) is 24.3 Å². The van der Waals surface area contributed by atoms with Gasteiger partial charge in [-0.25, -0.2) is 0 Å². The molecule has 0 spiro atoms. The molecule has 0 aliphatic heterocycles. The molecule has 64 valence electrons. The highest BCUT2D eigenvalue weighted by Crippen LogP contribution is 2.24. The van der Waals surface area contributed by atoms with Crippen LogP contribution in [0.2, 0.25) is 0 Å². The van der Waals surface area contributed by atoms with Crippen LogP contribution in [-0.4, -0.2) is 9.97 Å². The van der Waals surface area contributed by atoms with E-state index >= 15 is 0 Å². The average molecular weight is 235 g/mol. The molecule has 2 rings (SSSR count). The number of aromatic nitrogens is 2. The summed E-state index contributed by atoms with van der Waals surface area (Å²) in [5.41, 5.74) is 1.95. The van der Waals surface area contributed by atoms with Crippen LogP contribution in [0.3, 0.4) is 0 Å². The minimum absolute atomic E-state index is 0.884. The van der Waals surface area contributed by atoms with Gasteiger partial charge in [-0.05, 0) is 6.07 Å². The van der Waals surface area contributed by atoms with Crippen LogP contribution in [0, 0.1) is 0 Å². The Bertz CT molecular complexity index is 401. The van der Waals surface area contributed by atoms with Crippen LogP contribution in [0.5, 0.6) is 0 Å². The van der Waals surface area contributed by atoms with Gasteiger partial charge in [0, 0.05) is 22.4 Å². The summed E-state index contributed by atoms with van der Waals surface area (Å²) in [6, 6.07) is 7.96. The molecule has 1 aromatic heterocycles. The molecule has 0 bridgehead atoms. The lowest BCUT2D eigenvalue weighted by Gasteiger charge is -2.01. The normalized spacial score (nSPS) is 9.92. The molecule has 0 saturated heterocycles. The highest BCUT2D eigenvalue weighted by Gasteiger charge is 2.01. The Kier molecular flexibility index (Phi) is 2.36. The van der Waals surface area contributed by atoms with Crippen molar-refractivity contribution in [2.75, 3.05) is 0 Å². The van der Waals surface area contributed by atoms with Gasteiger partial charge in [-0.1, -0.05) is 34.1 Å². The zero-order valence-corrected chi connectivity index (χ0v) is 8.40.